The SMILES string of the molecule is O=C(NC(CN1CCCC1)c1ccccc1)c1cnc(-c2ccncc2)[nH]c1=O. The Morgan fingerprint density at radius 2 is 1.83 bits per heavy atom. The highest BCUT2D eigenvalue weighted by molar-refractivity contribution is 5.94. The van der Waals surface area contributed by atoms with Crippen molar-refractivity contribution in [3.63, 3.8) is 0 Å². The van der Waals surface area contributed by atoms with Crippen LogP contribution in [0, 0.1) is 0 Å². The van der Waals surface area contributed by atoms with Crippen molar-refractivity contribution in [2.24, 2.45) is 0 Å². The molecule has 2 aromatic heterocycles. The van der Waals surface area contributed by atoms with Gasteiger partial charge in [0.05, 0.1) is 6.04 Å². The van der Waals surface area contributed by atoms with E-state index in [9.17, 15) is 9.59 Å². The Hall–Kier alpha value is -3.32. The molecule has 1 aliphatic rings. The van der Waals surface area contributed by atoms with E-state index >= 15 is 0 Å². The van der Waals surface area contributed by atoms with Gasteiger partial charge in [-0.3, -0.25) is 14.6 Å². The molecule has 7 nitrogen and oxygen atoms in total. The zero-order valence-electron chi connectivity index (χ0n) is 16.0. The summed E-state index contributed by atoms with van der Waals surface area (Å²) in [5.41, 5.74) is 1.30. The molecule has 1 amide bonds. The first kappa shape index (κ1) is 19.0. The molecule has 1 atom stereocenters. The maximum absolute atomic E-state index is 12.9. The van der Waals surface area contributed by atoms with E-state index < -0.39 is 11.5 Å². The van der Waals surface area contributed by atoms with Gasteiger partial charge in [-0.2, -0.15) is 0 Å². The number of carbonyl (C=O) groups is 1. The molecule has 148 valence electrons. The molecule has 0 bridgehead atoms. The topological polar surface area (TPSA) is 91.0 Å². The van der Waals surface area contributed by atoms with Crippen LogP contribution in [-0.2, 0) is 0 Å². The molecule has 7 heteroatoms. The van der Waals surface area contributed by atoms with Gasteiger partial charge in [0.1, 0.15) is 11.4 Å². The van der Waals surface area contributed by atoms with Crippen LogP contribution >= 0.6 is 0 Å². The number of nitrogens with zero attached hydrogens (tertiary/aromatic N) is 3. The molecule has 29 heavy (non-hydrogen) atoms. The zero-order chi connectivity index (χ0) is 20.1. The monoisotopic (exact) mass is 389 g/mol. The summed E-state index contributed by atoms with van der Waals surface area (Å²) in [6.07, 6.45) is 6.93. The number of rotatable bonds is 6. The summed E-state index contributed by atoms with van der Waals surface area (Å²) in [5, 5.41) is 3.03. The van der Waals surface area contributed by atoms with Crippen LogP contribution in [0.4, 0.5) is 0 Å². The molecule has 0 radical (unpaired) electrons. The second kappa shape index (κ2) is 8.79. The Balaban J connectivity index is 1.54. The van der Waals surface area contributed by atoms with Gasteiger partial charge in [0.2, 0.25) is 0 Å². The lowest BCUT2D eigenvalue weighted by atomic mass is 10.1. The number of benzene rings is 1. The van der Waals surface area contributed by atoms with Gasteiger partial charge in [0.25, 0.3) is 11.5 Å². The number of aromatic nitrogens is 3. The van der Waals surface area contributed by atoms with Crippen LogP contribution in [0.3, 0.4) is 0 Å². The number of likely N-dealkylation sites (tertiary alicyclic amines) is 1. The lowest BCUT2D eigenvalue weighted by Gasteiger charge is -2.24. The minimum Gasteiger partial charge on any atom is -0.344 e. The van der Waals surface area contributed by atoms with Gasteiger partial charge in [-0.25, -0.2) is 4.98 Å². The van der Waals surface area contributed by atoms with E-state index in [2.05, 4.69) is 25.2 Å². The van der Waals surface area contributed by atoms with E-state index in [-0.39, 0.29) is 11.6 Å². The average molecular weight is 389 g/mol. The summed E-state index contributed by atoms with van der Waals surface area (Å²) < 4.78 is 0. The zero-order valence-corrected chi connectivity index (χ0v) is 16.0. The fraction of sp³-hybridized carbons (Fsp3) is 0.273. The van der Waals surface area contributed by atoms with Crippen molar-refractivity contribution in [3.05, 3.63) is 82.5 Å². The largest absolute Gasteiger partial charge is 0.344 e. The molecular formula is C22H23N5O2. The van der Waals surface area contributed by atoms with Gasteiger partial charge in [-0.1, -0.05) is 30.3 Å². The average Bonchev–Trinajstić information content (AvgIpc) is 3.27. The lowest BCUT2D eigenvalue weighted by Crippen LogP contribution is -2.39. The summed E-state index contributed by atoms with van der Waals surface area (Å²) >= 11 is 0. The second-order valence-electron chi connectivity index (χ2n) is 7.15. The highest BCUT2D eigenvalue weighted by atomic mass is 16.2. The molecule has 0 saturated carbocycles. The van der Waals surface area contributed by atoms with Crippen LogP contribution < -0.4 is 10.9 Å². The Bertz CT molecular complexity index is 1010. The van der Waals surface area contributed by atoms with Gasteiger partial charge >= 0.3 is 0 Å². The van der Waals surface area contributed by atoms with Crippen molar-refractivity contribution < 1.29 is 4.79 Å². The Morgan fingerprint density at radius 1 is 1.10 bits per heavy atom. The Labute approximate surface area is 168 Å². The fourth-order valence-electron chi connectivity index (χ4n) is 3.59. The van der Waals surface area contributed by atoms with Crippen LogP contribution in [0.1, 0.15) is 34.8 Å². The molecule has 4 rings (SSSR count). The maximum atomic E-state index is 12.9. The number of carbonyl (C=O) groups excluding carboxylic acids is 1. The molecule has 1 saturated heterocycles. The standard InChI is InChI=1S/C22H23N5O2/c28-21(18-14-24-20(26-22(18)29)17-8-10-23-11-9-17)25-19(15-27-12-4-5-13-27)16-6-2-1-3-7-16/h1-3,6-11,14,19H,4-5,12-13,15H2,(H,25,28)(H,24,26,29). The molecule has 0 aliphatic carbocycles. The molecule has 1 aromatic carbocycles. The van der Waals surface area contributed by atoms with Crippen LogP contribution in [0.5, 0.6) is 0 Å². The first-order valence-electron chi connectivity index (χ1n) is 9.78. The number of nitrogens with one attached hydrogen (secondary N) is 2. The van der Waals surface area contributed by atoms with Gasteiger partial charge < -0.3 is 15.2 Å². The van der Waals surface area contributed by atoms with E-state index in [4.69, 9.17) is 0 Å². The summed E-state index contributed by atoms with van der Waals surface area (Å²) in [4.78, 5) is 38.7. The first-order valence-corrected chi connectivity index (χ1v) is 9.78. The van der Waals surface area contributed by atoms with Crippen molar-refractivity contribution >= 4 is 5.91 Å². The summed E-state index contributed by atoms with van der Waals surface area (Å²) in [7, 11) is 0. The summed E-state index contributed by atoms with van der Waals surface area (Å²) in [6, 6.07) is 13.2. The Kier molecular flexibility index (Phi) is 5.76. The minimum atomic E-state index is -0.461. The number of aromatic amines is 1. The van der Waals surface area contributed by atoms with E-state index in [1.54, 1.807) is 24.5 Å². The second-order valence-corrected chi connectivity index (χ2v) is 7.15. The van der Waals surface area contributed by atoms with Crippen LogP contribution in [-0.4, -0.2) is 45.4 Å². The van der Waals surface area contributed by atoms with E-state index in [1.165, 1.54) is 19.0 Å². The highest BCUT2D eigenvalue weighted by Crippen LogP contribution is 2.18. The minimum absolute atomic E-state index is 0.00478. The highest BCUT2D eigenvalue weighted by Gasteiger charge is 2.22. The molecule has 2 N–H and O–H groups in total. The molecule has 1 unspecified atom stereocenters. The third kappa shape index (κ3) is 4.57. The van der Waals surface area contributed by atoms with E-state index in [1.807, 2.05) is 30.3 Å². The van der Waals surface area contributed by atoms with Crippen LogP contribution in [0.25, 0.3) is 11.4 Å². The summed E-state index contributed by atoms with van der Waals surface area (Å²) in [6.45, 7) is 2.78. The van der Waals surface area contributed by atoms with Crippen molar-refractivity contribution in [2.45, 2.75) is 18.9 Å². The van der Waals surface area contributed by atoms with Gasteiger partial charge in [0, 0.05) is 30.7 Å². The van der Waals surface area contributed by atoms with Crippen LogP contribution in [0.15, 0.2) is 65.8 Å². The van der Waals surface area contributed by atoms with Gasteiger partial charge in [-0.05, 0) is 43.6 Å². The molecule has 1 aliphatic heterocycles. The van der Waals surface area contributed by atoms with Gasteiger partial charge in [0.15, 0.2) is 0 Å². The van der Waals surface area contributed by atoms with Crippen molar-refractivity contribution in [2.75, 3.05) is 19.6 Å². The van der Waals surface area contributed by atoms with Crippen molar-refractivity contribution in [3.8, 4) is 11.4 Å². The smallest absolute Gasteiger partial charge is 0.264 e. The van der Waals surface area contributed by atoms with Crippen LogP contribution in [0.2, 0.25) is 0 Å². The predicted molar refractivity (Wildman–Crippen MR) is 110 cm³/mol. The molecular weight excluding hydrogens is 366 g/mol. The third-order valence-corrected chi connectivity index (χ3v) is 5.14. The number of hydrogen-bond acceptors (Lipinski definition) is 5. The third-order valence-electron chi connectivity index (χ3n) is 5.14. The maximum Gasteiger partial charge on any atom is 0.264 e. The molecule has 3 heterocycles. The first-order chi connectivity index (χ1) is 14.2. The predicted octanol–water partition coefficient (Wildman–Crippen LogP) is 2.40. The van der Waals surface area contributed by atoms with E-state index in [0.29, 0.717) is 5.82 Å². The van der Waals surface area contributed by atoms with Crippen molar-refractivity contribution in [1.29, 1.82) is 0 Å². The fourth-order valence-corrected chi connectivity index (χ4v) is 3.59. The molecule has 3 aromatic rings. The normalized spacial score (nSPS) is 15.2. The van der Waals surface area contributed by atoms with Crippen molar-refractivity contribution in [1.82, 2.24) is 25.2 Å². The summed E-state index contributed by atoms with van der Waals surface area (Å²) in [5.74, 6) is -0.0151. The molecule has 1 fully saturated rings. The molecule has 0 spiro atoms. The number of amides is 1. The van der Waals surface area contributed by atoms with Gasteiger partial charge in [-0.15, -0.1) is 0 Å². The Morgan fingerprint density at radius 3 is 2.52 bits per heavy atom. The lowest BCUT2D eigenvalue weighted by molar-refractivity contribution is 0.0925. The number of pyridine rings is 1. The number of H-pyrrole nitrogens is 1. The quantitative estimate of drug-likeness (QED) is 0.676. The number of hydrogen-bond donors (Lipinski definition) is 2. The van der Waals surface area contributed by atoms with E-state index in [0.717, 1.165) is 30.8 Å².